The Bertz CT molecular complexity index is 611. The number of ether oxygens (including phenoxy) is 1. The molecule has 2 nitrogen and oxygen atoms in total. The highest BCUT2D eigenvalue weighted by Crippen LogP contribution is 2.21. The zero-order chi connectivity index (χ0) is 14.4. The van der Waals surface area contributed by atoms with Crippen molar-refractivity contribution < 1.29 is 4.74 Å². The Morgan fingerprint density at radius 2 is 1.80 bits per heavy atom. The van der Waals surface area contributed by atoms with Gasteiger partial charge >= 0.3 is 0 Å². The van der Waals surface area contributed by atoms with Gasteiger partial charge in [-0.15, -0.1) is 0 Å². The van der Waals surface area contributed by atoms with E-state index in [0.29, 0.717) is 18.9 Å². The number of hydrogen-bond donors (Lipinski definition) is 0. The van der Waals surface area contributed by atoms with Crippen molar-refractivity contribution in [1.29, 1.82) is 5.26 Å². The minimum Gasteiger partial charge on any atom is -0.489 e. The highest BCUT2D eigenvalue weighted by molar-refractivity contribution is 5.32. The van der Waals surface area contributed by atoms with E-state index < -0.39 is 0 Å². The third-order valence-electron chi connectivity index (χ3n) is 3.31. The minimum absolute atomic E-state index is 0.422. The second kappa shape index (κ2) is 6.77. The van der Waals surface area contributed by atoms with Crippen molar-refractivity contribution in [3.8, 4) is 11.8 Å². The summed E-state index contributed by atoms with van der Waals surface area (Å²) in [6.45, 7) is 4.84. The van der Waals surface area contributed by atoms with Gasteiger partial charge in [-0.3, -0.25) is 0 Å². The Balaban J connectivity index is 2.09. The number of nitriles is 1. The fourth-order valence-corrected chi connectivity index (χ4v) is 2.08. The molecular formula is C18H19NO. The first-order chi connectivity index (χ1) is 9.70. The lowest BCUT2D eigenvalue weighted by Gasteiger charge is -2.11. The Labute approximate surface area is 120 Å². The lowest BCUT2D eigenvalue weighted by Crippen LogP contribution is -2.00. The largest absolute Gasteiger partial charge is 0.489 e. The highest BCUT2D eigenvalue weighted by Gasteiger charge is 2.04. The summed E-state index contributed by atoms with van der Waals surface area (Å²) in [5.41, 5.74) is 3.38. The molecule has 0 unspecified atom stereocenters. The fraction of sp³-hybridized carbons (Fsp3) is 0.278. The van der Waals surface area contributed by atoms with E-state index in [-0.39, 0.29) is 0 Å². The van der Waals surface area contributed by atoms with Gasteiger partial charge in [0.25, 0.3) is 0 Å². The van der Waals surface area contributed by atoms with Gasteiger partial charge in [0.05, 0.1) is 12.5 Å². The monoisotopic (exact) mass is 265 g/mol. The molecule has 2 aromatic carbocycles. The summed E-state index contributed by atoms with van der Waals surface area (Å²) in [6, 6.07) is 18.3. The SMILES string of the molecule is CC(C)c1cccc(OCc2ccccc2CC#N)c1. The van der Waals surface area contributed by atoms with Crippen LogP contribution in [-0.2, 0) is 13.0 Å². The average molecular weight is 265 g/mol. The molecule has 102 valence electrons. The number of nitrogens with zero attached hydrogens (tertiary/aromatic N) is 1. The van der Waals surface area contributed by atoms with E-state index in [2.05, 4.69) is 32.0 Å². The lowest BCUT2D eigenvalue weighted by atomic mass is 10.0. The molecule has 0 atom stereocenters. The van der Waals surface area contributed by atoms with Crippen LogP contribution in [-0.4, -0.2) is 0 Å². The van der Waals surface area contributed by atoms with Gasteiger partial charge in [0.1, 0.15) is 12.4 Å². The molecule has 0 aliphatic carbocycles. The van der Waals surface area contributed by atoms with Crippen molar-refractivity contribution in [2.75, 3.05) is 0 Å². The molecule has 2 aromatic rings. The van der Waals surface area contributed by atoms with Gasteiger partial charge in [0, 0.05) is 0 Å². The van der Waals surface area contributed by atoms with E-state index in [9.17, 15) is 0 Å². The molecule has 0 bridgehead atoms. The predicted octanol–water partition coefficient (Wildman–Crippen LogP) is 4.46. The first-order valence-corrected chi connectivity index (χ1v) is 6.87. The maximum absolute atomic E-state index is 8.84. The molecule has 0 aliphatic rings. The number of benzene rings is 2. The molecule has 0 heterocycles. The van der Waals surface area contributed by atoms with Crippen LogP contribution in [0.4, 0.5) is 0 Å². The van der Waals surface area contributed by atoms with Crippen LogP contribution >= 0.6 is 0 Å². The molecule has 0 saturated carbocycles. The Morgan fingerprint density at radius 1 is 1.05 bits per heavy atom. The maximum atomic E-state index is 8.84. The molecule has 0 fully saturated rings. The van der Waals surface area contributed by atoms with Crippen LogP contribution in [0.1, 0.15) is 36.5 Å². The standard InChI is InChI=1S/C18H19NO/c1-14(2)16-8-5-9-18(12-16)20-13-17-7-4-3-6-15(17)10-11-19/h3-9,12,14H,10,13H2,1-2H3. The van der Waals surface area contributed by atoms with Crippen molar-refractivity contribution >= 4 is 0 Å². The van der Waals surface area contributed by atoms with Crippen LogP contribution < -0.4 is 4.74 Å². The molecule has 2 heteroatoms. The van der Waals surface area contributed by atoms with Gasteiger partial charge in [-0.2, -0.15) is 5.26 Å². The van der Waals surface area contributed by atoms with Crippen LogP contribution in [0.2, 0.25) is 0 Å². The second-order valence-electron chi connectivity index (χ2n) is 5.12. The molecular weight excluding hydrogens is 246 g/mol. The predicted molar refractivity (Wildman–Crippen MR) is 80.6 cm³/mol. The highest BCUT2D eigenvalue weighted by atomic mass is 16.5. The topological polar surface area (TPSA) is 33.0 Å². The van der Waals surface area contributed by atoms with Gasteiger partial charge in [-0.05, 0) is 34.7 Å². The average Bonchev–Trinajstić information content (AvgIpc) is 2.47. The van der Waals surface area contributed by atoms with Gasteiger partial charge in [0.2, 0.25) is 0 Å². The van der Waals surface area contributed by atoms with Gasteiger partial charge in [0.15, 0.2) is 0 Å². The zero-order valence-corrected chi connectivity index (χ0v) is 12.0. The fourth-order valence-electron chi connectivity index (χ4n) is 2.08. The van der Waals surface area contributed by atoms with Gasteiger partial charge in [-0.1, -0.05) is 50.2 Å². The summed E-state index contributed by atoms with van der Waals surface area (Å²) >= 11 is 0. The first kappa shape index (κ1) is 14.1. The molecule has 0 saturated heterocycles. The van der Waals surface area contributed by atoms with Crippen LogP contribution in [0.25, 0.3) is 0 Å². The zero-order valence-electron chi connectivity index (χ0n) is 12.0. The van der Waals surface area contributed by atoms with E-state index in [4.69, 9.17) is 10.00 Å². The normalized spacial score (nSPS) is 10.3. The van der Waals surface area contributed by atoms with Crippen LogP contribution in [0.15, 0.2) is 48.5 Å². The molecule has 2 rings (SSSR count). The molecule has 0 N–H and O–H groups in total. The van der Waals surface area contributed by atoms with E-state index >= 15 is 0 Å². The van der Waals surface area contributed by atoms with Crippen molar-refractivity contribution in [2.45, 2.75) is 32.8 Å². The number of rotatable bonds is 5. The van der Waals surface area contributed by atoms with E-state index in [1.54, 1.807) is 0 Å². The van der Waals surface area contributed by atoms with Crippen molar-refractivity contribution in [3.63, 3.8) is 0 Å². The second-order valence-corrected chi connectivity index (χ2v) is 5.12. The van der Waals surface area contributed by atoms with Gasteiger partial charge < -0.3 is 4.74 Å². The lowest BCUT2D eigenvalue weighted by molar-refractivity contribution is 0.305. The number of hydrogen-bond acceptors (Lipinski definition) is 2. The summed E-state index contributed by atoms with van der Waals surface area (Å²) in [7, 11) is 0. The Morgan fingerprint density at radius 3 is 2.50 bits per heavy atom. The maximum Gasteiger partial charge on any atom is 0.120 e. The molecule has 0 amide bonds. The molecule has 0 aromatic heterocycles. The van der Waals surface area contributed by atoms with Crippen LogP contribution in [0.5, 0.6) is 5.75 Å². The molecule has 0 radical (unpaired) electrons. The summed E-state index contributed by atoms with van der Waals surface area (Å²) in [6.07, 6.45) is 0.422. The smallest absolute Gasteiger partial charge is 0.120 e. The van der Waals surface area contributed by atoms with Crippen molar-refractivity contribution in [1.82, 2.24) is 0 Å². The van der Waals surface area contributed by atoms with Crippen LogP contribution in [0, 0.1) is 11.3 Å². The molecule has 0 spiro atoms. The summed E-state index contributed by atoms with van der Waals surface area (Å²) in [5.74, 6) is 1.37. The molecule has 20 heavy (non-hydrogen) atoms. The first-order valence-electron chi connectivity index (χ1n) is 6.87. The Kier molecular flexibility index (Phi) is 4.79. The van der Waals surface area contributed by atoms with Crippen molar-refractivity contribution in [2.24, 2.45) is 0 Å². The Hall–Kier alpha value is -2.27. The van der Waals surface area contributed by atoms with Crippen LogP contribution in [0.3, 0.4) is 0 Å². The molecule has 0 aliphatic heterocycles. The van der Waals surface area contributed by atoms with E-state index in [1.807, 2.05) is 36.4 Å². The third kappa shape index (κ3) is 3.61. The summed E-state index contributed by atoms with van der Waals surface area (Å²) < 4.78 is 5.86. The quantitative estimate of drug-likeness (QED) is 0.799. The van der Waals surface area contributed by atoms with E-state index in [0.717, 1.165) is 16.9 Å². The van der Waals surface area contributed by atoms with Gasteiger partial charge in [-0.25, -0.2) is 0 Å². The minimum atomic E-state index is 0.422. The summed E-state index contributed by atoms with van der Waals surface area (Å²) in [4.78, 5) is 0. The third-order valence-corrected chi connectivity index (χ3v) is 3.31. The van der Waals surface area contributed by atoms with Crippen molar-refractivity contribution in [3.05, 3.63) is 65.2 Å². The van der Waals surface area contributed by atoms with E-state index in [1.165, 1.54) is 5.56 Å². The summed E-state index contributed by atoms with van der Waals surface area (Å²) in [5, 5.41) is 8.84.